The molecule has 140 valence electrons. The van der Waals surface area contributed by atoms with E-state index in [-0.39, 0.29) is 18.1 Å². The van der Waals surface area contributed by atoms with Crippen LogP contribution >= 0.6 is 0 Å². The molecule has 3 heterocycles. The molecule has 4 rings (SSSR count). The molecule has 0 saturated carbocycles. The van der Waals surface area contributed by atoms with Crippen LogP contribution in [0.15, 0.2) is 18.2 Å². The van der Waals surface area contributed by atoms with E-state index in [0.717, 1.165) is 19.5 Å². The van der Waals surface area contributed by atoms with Crippen LogP contribution in [0.25, 0.3) is 0 Å². The molecule has 1 aromatic rings. The molecule has 2 bridgehead atoms. The van der Waals surface area contributed by atoms with Crippen LogP contribution in [-0.4, -0.2) is 55.2 Å². The molecule has 3 aliphatic heterocycles. The van der Waals surface area contributed by atoms with Crippen molar-refractivity contribution < 1.29 is 19.4 Å². The molecule has 3 saturated heterocycles. The monoisotopic (exact) mass is 357 g/mol. The van der Waals surface area contributed by atoms with Crippen molar-refractivity contribution in [2.45, 2.75) is 38.9 Å². The van der Waals surface area contributed by atoms with Crippen molar-refractivity contribution in [3.8, 4) is 0 Å². The van der Waals surface area contributed by atoms with E-state index in [4.69, 9.17) is 4.74 Å². The lowest BCUT2D eigenvalue weighted by molar-refractivity contribution is -0.314. The molecule has 0 unspecified atom stereocenters. The summed E-state index contributed by atoms with van der Waals surface area (Å²) in [6.07, 6.45) is 0.878. The summed E-state index contributed by atoms with van der Waals surface area (Å²) < 4.78 is 5.71. The minimum atomic E-state index is -1.15. The first-order valence-corrected chi connectivity index (χ1v) is 9.43. The predicted molar refractivity (Wildman–Crippen MR) is 94.6 cm³/mol. The van der Waals surface area contributed by atoms with Crippen LogP contribution in [0.3, 0.4) is 0 Å². The van der Waals surface area contributed by atoms with Crippen molar-refractivity contribution in [2.24, 2.45) is 11.8 Å². The van der Waals surface area contributed by atoms with Gasteiger partial charge in [-0.15, -0.1) is 0 Å². The molecule has 3 fully saturated rings. The maximum Gasteiger partial charge on any atom is 0.229 e. The second-order valence-electron chi connectivity index (χ2n) is 7.69. The normalized spacial score (nSPS) is 30.7. The van der Waals surface area contributed by atoms with Crippen LogP contribution < -0.4 is 10.0 Å². The second kappa shape index (κ2) is 6.58. The Kier molecular flexibility index (Phi) is 4.39. The molecular weight excluding hydrogens is 332 g/mol. The van der Waals surface area contributed by atoms with Gasteiger partial charge in [-0.1, -0.05) is 12.1 Å². The van der Waals surface area contributed by atoms with Gasteiger partial charge in [0.1, 0.15) is 0 Å². The SMILES string of the molecule is Cc1cccc(N2CCN(C(=O)[C@@H]3[C@@H](C(=O)[O-])[C@H]4CC[C@@H]3O4)CC2)c1C. The fourth-order valence-corrected chi connectivity index (χ4v) is 4.75. The summed E-state index contributed by atoms with van der Waals surface area (Å²) in [6, 6.07) is 6.29. The number of hydrogen-bond acceptors (Lipinski definition) is 5. The number of anilines is 1. The molecule has 6 heteroatoms. The first-order chi connectivity index (χ1) is 12.5. The van der Waals surface area contributed by atoms with Gasteiger partial charge in [0.25, 0.3) is 0 Å². The van der Waals surface area contributed by atoms with E-state index < -0.39 is 17.8 Å². The Labute approximate surface area is 153 Å². The summed E-state index contributed by atoms with van der Waals surface area (Å²) in [5, 5.41) is 11.5. The number of carbonyl (C=O) groups is 2. The number of ether oxygens (including phenoxy) is 1. The van der Waals surface area contributed by atoms with Crippen LogP contribution in [-0.2, 0) is 14.3 Å². The minimum absolute atomic E-state index is 0.0768. The smallest absolute Gasteiger partial charge is 0.229 e. The quantitative estimate of drug-likeness (QED) is 0.787. The lowest BCUT2D eigenvalue weighted by Gasteiger charge is -2.39. The summed E-state index contributed by atoms with van der Waals surface area (Å²) in [6.45, 7) is 6.97. The van der Waals surface area contributed by atoms with Gasteiger partial charge in [-0.2, -0.15) is 0 Å². The van der Waals surface area contributed by atoms with Gasteiger partial charge in [-0.05, 0) is 43.9 Å². The zero-order valence-corrected chi connectivity index (χ0v) is 15.3. The number of fused-ring (bicyclic) bond motifs is 2. The van der Waals surface area contributed by atoms with E-state index in [2.05, 4.69) is 36.9 Å². The van der Waals surface area contributed by atoms with E-state index in [0.29, 0.717) is 19.5 Å². The maximum atomic E-state index is 13.0. The average molecular weight is 357 g/mol. The molecule has 0 aromatic heterocycles. The third-order valence-electron chi connectivity index (χ3n) is 6.34. The Morgan fingerprint density at radius 2 is 1.69 bits per heavy atom. The van der Waals surface area contributed by atoms with Crippen LogP contribution in [0.2, 0.25) is 0 Å². The lowest BCUT2D eigenvalue weighted by Crippen LogP contribution is -2.54. The van der Waals surface area contributed by atoms with Crippen LogP contribution in [0, 0.1) is 25.7 Å². The average Bonchev–Trinajstić information content (AvgIpc) is 3.25. The maximum absolute atomic E-state index is 13.0. The molecule has 0 radical (unpaired) electrons. The number of aliphatic carboxylic acids is 1. The number of aryl methyl sites for hydroxylation is 1. The van der Waals surface area contributed by atoms with Crippen molar-refractivity contribution in [3.05, 3.63) is 29.3 Å². The number of carboxylic acids is 1. The van der Waals surface area contributed by atoms with Gasteiger partial charge in [0.2, 0.25) is 5.91 Å². The lowest BCUT2D eigenvalue weighted by atomic mass is 9.78. The minimum Gasteiger partial charge on any atom is -0.550 e. The van der Waals surface area contributed by atoms with Crippen molar-refractivity contribution in [1.82, 2.24) is 4.90 Å². The highest BCUT2D eigenvalue weighted by atomic mass is 16.5. The van der Waals surface area contributed by atoms with Crippen LogP contribution in [0.5, 0.6) is 0 Å². The van der Waals surface area contributed by atoms with Crippen LogP contribution in [0.1, 0.15) is 24.0 Å². The highest BCUT2D eigenvalue weighted by molar-refractivity contribution is 5.86. The standard InChI is InChI=1S/C20H26N2O4/c1-12-4-3-5-14(13(12)2)21-8-10-22(11-9-21)19(23)17-15-6-7-16(26-15)18(17)20(24)25/h3-5,15-18H,6-11H2,1-2H3,(H,24,25)/p-1/t15-,16+,17-,18-/m0/s1. The van der Waals surface area contributed by atoms with Crippen molar-refractivity contribution >= 4 is 17.6 Å². The highest BCUT2D eigenvalue weighted by Crippen LogP contribution is 2.44. The third-order valence-corrected chi connectivity index (χ3v) is 6.34. The van der Waals surface area contributed by atoms with Gasteiger partial charge in [0, 0.05) is 43.8 Å². The third kappa shape index (κ3) is 2.76. The molecule has 0 N–H and O–H groups in total. The summed E-state index contributed by atoms with van der Waals surface area (Å²) in [5.41, 5.74) is 3.75. The Balaban J connectivity index is 1.44. The fourth-order valence-electron chi connectivity index (χ4n) is 4.75. The van der Waals surface area contributed by atoms with E-state index in [1.54, 1.807) is 0 Å². The zero-order valence-electron chi connectivity index (χ0n) is 15.3. The number of nitrogens with zero attached hydrogens (tertiary/aromatic N) is 2. The zero-order chi connectivity index (χ0) is 18.4. The van der Waals surface area contributed by atoms with Gasteiger partial charge in [-0.3, -0.25) is 4.79 Å². The molecule has 6 nitrogen and oxygen atoms in total. The van der Waals surface area contributed by atoms with Crippen molar-refractivity contribution in [3.63, 3.8) is 0 Å². The molecule has 26 heavy (non-hydrogen) atoms. The Morgan fingerprint density at radius 3 is 2.35 bits per heavy atom. The first-order valence-electron chi connectivity index (χ1n) is 9.43. The Hall–Kier alpha value is -2.08. The first kappa shape index (κ1) is 17.3. The largest absolute Gasteiger partial charge is 0.550 e. The molecular formula is C20H25N2O4-. The summed E-state index contributed by atoms with van der Waals surface area (Å²) >= 11 is 0. The molecule has 1 aromatic carbocycles. The molecule has 0 aliphatic carbocycles. The molecule has 1 amide bonds. The number of benzene rings is 1. The van der Waals surface area contributed by atoms with E-state index >= 15 is 0 Å². The summed E-state index contributed by atoms with van der Waals surface area (Å²) in [5.74, 6) is -2.60. The van der Waals surface area contributed by atoms with Crippen molar-refractivity contribution in [2.75, 3.05) is 31.1 Å². The molecule has 0 spiro atoms. The van der Waals surface area contributed by atoms with Gasteiger partial charge >= 0.3 is 0 Å². The molecule has 4 atom stereocenters. The van der Waals surface area contributed by atoms with Crippen molar-refractivity contribution in [1.29, 1.82) is 0 Å². The topological polar surface area (TPSA) is 72.9 Å². The number of piperazine rings is 1. The van der Waals surface area contributed by atoms with E-state index in [1.807, 2.05) is 4.90 Å². The van der Waals surface area contributed by atoms with E-state index in [1.165, 1.54) is 16.8 Å². The number of hydrogen-bond donors (Lipinski definition) is 0. The number of carboxylic acid groups (broad SMARTS) is 1. The van der Waals surface area contributed by atoms with Gasteiger partial charge in [0.15, 0.2) is 0 Å². The second-order valence-corrected chi connectivity index (χ2v) is 7.69. The van der Waals surface area contributed by atoms with Gasteiger partial charge < -0.3 is 24.4 Å². The van der Waals surface area contributed by atoms with E-state index in [9.17, 15) is 14.7 Å². The number of rotatable bonds is 3. The predicted octanol–water partition coefficient (Wildman–Crippen LogP) is 0.496. The van der Waals surface area contributed by atoms with Gasteiger partial charge in [-0.25, -0.2) is 0 Å². The molecule has 3 aliphatic rings. The van der Waals surface area contributed by atoms with Gasteiger partial charge in [0.05, 0.1) is 18.1 Å². The summed E-state index contributed by atoms with van der Waals surface area (Å²) in [7, 11) is 0. The Bertz CT molecular complexity index is 727. The Morgan fingerprint density at radius 1 is 1.04 bits per heavy atom. The number of amides is 1. The van der Waals surface area contributed by atoms with Crippen LogP contribution in [0.4, 0.5) is 5.69 Å². The summed E-state index contributed by atoms with van der Waals surface area (Å²) in [4.78, 5) is 28.6. The highest BCUT2D eigenvalue weighted by Gasteiger charge is 2.53. The number of carbonyl (C=O) groups excluding carboxylic acids is 2. The fraction of sp³-hybridized carbons (Fsp3) is 0.600.